The van der Waals surface area contributed by atoms with Crippen LogP contribution in [0.15, 0.2) is 30.3 Å². The number of carbonyl (C=O) groups excluding carboxylic acids is 1. The zero-order chi connectivity index (χ0) is 15.9. The molecule has 1 amide bonds. The Morgan fingerprint density at radius 3 is 2.59 bits per heavy atom. The highest BCUT2D eigenvalue weighted by Gasteiger charge is 2.20. The Kier molecular flexibility index (Phi) is 6.07. The lowest BCUT2D eigenvalue weighted by Gasteiger charge is -2.13. The Morgan fingerprint density at radius 1 is 1.23 bits per heavy atom. The van der Waals surface area contributed by atoms with E-state index in [2.05, 4.69) is 29.4 Å². The molecule has 2 atom stereocenters. The van der Waals surface area contributed by atoms with Gasteiger partial charge in [0.05, 0.1) is 5.92 Å². The van der Waals surface area contributed by atoms with E-state index in [9.17, 15) is 4.79 Å². The third-order valence-corrected chi connectivity index (χ3v) is 4.81. The maximum atomic E-state index is 12.5. The maximum absolute atomic E-state index is 12.5. The van der Waals surface area contributed by atoms with Gasteiger partial charge in [0.15, 0.2) is 0 Å². The van der Waals surface area contributed by atoms with Crippen molar-refractivity contribution >= 4 is 22.4 Å². The quantitative estimate of drug-likeness (QED) is 0.813. The van der Waals surface area contributed by atoms with Crippen LogP contribution in [0.5, 0.6) is 0 Å². The molecule has 2 unspecified atom stereocenters. The van der Waals surface area contributed by atoms with Crippen molar-refractivity contribution < 1.29 is 4.79 Å². The number of anilines is 1. The summed E-state index contributed by atoms with van der Waals surface area (Å²) in [6.45, 7) is 6.33. The Balaban J connectivity index is 2.05. The molecule has 0 aliphatic carbocycles. The van der Waals surface area contributed by atoms with E-state index in [0.29, 0.717) is 11.0 Å². The Hall–Kier alpha value is -1.75. The zero-order valence-electron chi connectivity index (χ0n) is 13.4. The predicted molar refractivity (Wildman–Crippen MR) is 91.3 cm³/mol. The van der Waals surface area contributed by atoms with Crippen molar-refractivity contribution in [2.75, 3.05) is 5.32 Å². The van der Waals surface area contributed by atoms with Crippen LogP contribution in [0.25, 0.3) is 0 Å². The summed E-state index contributed by atoms with van der Waals surface area (Å²) in [6.07, 6.45) is 2.96. The molecule has 0 fully saturated rings. The van der Waals surface area contributed by atoms with Gasteiger partial charge in [-0.2, -0.15) is 0 Å². The van der Waals surface area contributed by atoms with Crippen molar-refractivity contribution in [3.05, 3.63) is 40.9 Å². The van der Waals surface area contributed by atoms with E-state index in [1.54, 1.807) is 0 Å². The number of hydrogen-bond donors (Lipinski definition) is 1. The number of nitrogens with zero attached hydrogens (tertiary/aromatic N) is 2. The Labute approximate surface area is 136 Å². The summed E-state index contributed by atoms with van der Waals surface area (Å²) in [7, 11) is 0. The van der Waals surface area contributed by atoms with Gasteiger partial charge in [-0.3, -0.25) is 10.1 Å². The fraction of sp³-hybridized carbons (Fsp3) is 0.471. The average molecular weight is 317 g/mol. The van der Waals surface area contributed by atoms with Gasteiger partial charge in [0.25, 0.3) is 0 Å². The molecular formula is C17H23N3OS. The number of nitrogens with one attached hydrogen (secondary N) is 1. The molecule has 0 aliphatic heterocycles. The Morgan fingerprint density at radius 2 is 1.95 bits per heavy atom. The van der Waals surface area contributed by atoms with Crippen molar-refractivity contribution in [2.24, 2.45) is 0 Å². The van der Waals surface area contributed by atoms with E-state index in [1.807, 2.05) is 37.3 Å². The van der Waals surface area contributed by atoms with Crippen LogP contribution in [-0.2, 0) is 4.79 Å². The van der Waals surface area contributed by atoms with Gasteiger partial charge < -0.3 is 0 Å². The van der Waals surface area contributed by atoms with Crippen molar-refractivity contribution in [1.82, 2.24) is 10.2 Å². The first-order valence-corrected chi connectivity index (χ1v) is 8.66. The summed E-state index contributed by atoms with van der Waals surface area (Å²) in [5, 5.41) is 12.8. The highest BCUT2D eigenvalue weighted by atomic mass is 32.1. The van der Waals surface area contributed by atoms with Gasteiger partial charge in [0.1, 0.15) is 5.01 Å². The van der Waals surface area contributed by atoms with E-state index in [-0.39, 0.29) is 11.8 Å². The zero-order valence-corrected chi connectivity index (χ0v) is 14.2. The normalized spacial score (nSPS) is 13.6. The van der Waals surface area contributed by atoms with Crippen LogP contribution in [0.1, 0.15) is 62.4 Å². The number of rotatable bonds is 7. The second-order valence-corrected chi connectivity index (χ2v) is 6.51. The van der Waals surface area contributed by atoms with E-state index in [4.69, 9.17) is 0 Å². The fourth-order valence-corrected chi connectivity index (χ4v) is 3.32. The van der Waals surface area contributed by atoms with Gasteiger partial charge in [0, 0.05) is 5.92 Å². The Bertz CT molecular complexity index is 597. The minimum atomic E-state index is -0.151. The van der Waals surface area contributed by atoms with Crippen molar-refractivity contribution in [2.45, 2.75) is 51.9 Å². The highest BCUT2D eigenvalue weighted by molar-refractivity contribution is 7.15. The van der Waals surface area contributed by atoms with Crippen LogP contribution in [0.4, 0.5) is 5.13 Å². The maximum Gasteiger partial charge on any atom is 0.233 e. The summed E-state index contributed by atoms with van der Waals surface area (Å²) < 4.78 is 0. The van der Waals surface area contributed by atoms with E-state index in [1.165, 1.54) is 11.3 Å². The molecular weight excluding hydrogens is 294 g/mol. The number of carbonyl (C=O) groups is 1. The molecule has 1 aromatic heterocycles. The van der Waals surface area contributed by atoms with E-state index < -0.39 is 0 Å². The minimum Gasteiger partial charge on any atom is -0.300 e. The molecule has 4 nitrogen and oxygen atoms in total. The largest absolute Gasteiger partial charge is 0.300 e. The van der Waals surface area contributed by atoms with Crippen LogP contribution < -0.4 is 5.32 Å². The molecule has 5 heteroatoms. The lowest BCUT2D eigenvalue weighted by Crippen LogP contribution is -2.20. The first kappa shape index (κ1) is 16.6. The van der Waals surface area contributed by atoms with Crippen LogP contribution in [0.3, 0.4) is 0 Å². The molecule has 1 heterocycles. The van der Waals surface area contributed by atoms with E-state index >= 15 is 0 Å². The molecule has 2 rings (SSSR count). The molecule has 0 aliphatic rings. The fourth-order valence-electron chi connectivity index (χ4n) is 2.49. The van der Waals surface area contributed by atoms with Gasteiger partial charge in [-0.05, 0) is 18.4 Å². The molecule has 118 valence electrons. The topological polar surface area (TPSA) is 54.9 Å². The van der Waals surface area contributed by atoms with Gasteiger partial charge in [-0.1, -0.05) is 68.9 Å². The van der Waals surface area contributed by atoms with Gasteiger partial charge in [-0.15, -0.1) is 10.2 Å². The average Bonchev–Trinajstić information content (AvgIpc) is 2.98. The summed E-state index contributed by atoms with van der Waals surface area (Å²) >= 11 is 1.48. The number of aromatic nitrogens is 2. The molecule has 0 saturated carbocycles. The molecule has 2 aromatic rings. The van der Waals surface area contributed by atoms with Gasteiger partial charge in [0.2, 0.25) is 11.0 Å². The molecule has 1 aromatic carbocycles. The third kappa shape index (κ3) is 4.13. The lowest BCUT2D eigenvalue weighted by atomic mass is 9.96. The molecule has 1 N–H and O–H groups in total. The molecule has 0 saturated heterocycles. The summed E-state index contributed by atoms with van der Waals surface area (Å²) in [5.74, 6) is 0.227. The highest BCUT2D eigenvalue weighted by Crippen LogP contribution is 2.28. The molecule has 22 heavy (non-hydrogen) atoms. The monoisotopic (exact) mass is 317 g/mol. The van der Waals surface area contributed by atoms with Crippen LogP contribution in [0.2, 0.25) is 0 Å². The number of hydrogen-bond acceptors (Lipinski definition) is 4. The predicted octanol–water partition coefficient (Wildman–Crippen LogP) is 4.57. The second kappa shape index (κ2) is 8.03. The third-order valence-electron chi connectivity index (χ3n) is 3.74. The first-order valence-electron chi connectivity index (χ1n) is 7.84. The first-order chi connectivity index (χ1) is 10.7. The molecule has 0 bridgehead atoms. The summed E-state index contributed by atoms with van der Waals surface area (Å²) in [6, 6.07) is 9.85. The van der Waals surface area contributed by atoms with E-state index in [0.717, 1.165) is 29.8 Å². The molecule has 0 spiro atoms. The van der Waals surface area contributed by atoms with Gasteiger partial charge in [-0.25, -0.2) is 0 Å². The molecule has 0 radical (unpaired) electrons. The van der Waals surface area contributed by atoms with Crippen molar-refractivity contribution in [1.29, 1.82) is 0 Å². The minimum absolute atomic E-state index is 0.0143. The standard InChI is InChI=1S/C17H23N3OS/c1-4-9-12(3)16-19-20-17(22-16)18-15(21)14(5-2)13-10-7-6-8-11-13/h6-8,10-12,14H,4-5,9H2,1-3H3,(H,18,20,21). The summed E-state index contributed by atoms with van der Waals surface area (Å²) in [5.41, 5.74) is 1.03. The van der Waals surface area contributed by atoms with Crippen molar-refractivity contribution in [3.63, 3.8) is 0 Å². The summed E-state index contributed by atoms with van der Waals surface area (Å²) in [4.78, 5) is 12.5. The van der Waals surface area contributed by atoms with Crippen LogP contribution in [-0.4, -0.2) is 16.1 Å². The van der Waals surface area contributed by atoms with Crippen molar-refractivity contribution in [3.8, 4) is 0 Å². The SMILES string of the molecule is CCCC(C)c1nnc(NC(=O)C(CC)c2ccccc2)s1. The van der Waals surface area contributed by atoms with Crippen LogP contribution >= 0.6 is 11.3 Å². The number of amides is 1. The lowest BCUT2D eigenvalue weighted by molar-refractivity contribution is -0.117. The van der Waals surface area contributed by atoms with Crippen LogP contribution in [0, 0.1) is 0 Å². The smallest absolute Gasteiger partial charge is 0.233 e. The van der Waals surface area contributed by atoms with Gasteiger partial charge >= 0.3 is 0 Å². The number of benzene rings is 1. The second-order valence-electron chi connectivity index (χ2n) is 5.50.